The van der Waals surface area contributed by atoms with Gasteiger partial charge in [-0.3, -0.25) is 4.79 Å². The third-order valence-electron chi connectivity index (χ3n) is 3.30. The highest BCUT2D eigenvalue weighted by molar-refractivity contribution is 5.83. The third kappa shape index (κ3) is 3.02. The Hall–Kier alpha value is -1.10. The monoisotopic (exact) mass is 255 g/mol. The number of fused-ring (bicyclic) bond motifs is 1. The van der Waals surface area contributed by atoms with Crippen LogP contribution in [0.2, 0.25) is 0 Å². The van der Waals surface area contributed by atoms with Gasteiger partial charge >= 0.3 is 6.09 Å². The number of hydrogen-bond donors (Lipinski definition) is 0. The van der Waals surface area contributed by atoms with Gasteiger partial charge in [0.1, 0.15) is 11.4 Å². The van der Waals surface area contributed by atoms with Crippen LogP contribution in [0.5, 0.6) is 0 Å². The zero-order chi connectivity index (χ0) is 13.3. The Morgan fingerprint density at radius 2 is 2.17 bits per heavy atom. The molecule has 2 fully saturated rings. The van der Waals surface area contributed by atoms with E-state index in [0.717, 1.165) is 6.42 Å². The molecule has 5 nitrogen and oxygen atoms in total. The Labute approximate surface area is 107 Å². The lowest BCUT2D eigenvalue weighted by Gasteiger charge is -2.40. The molecule has 18 heavy (non-hydrogen) atoms. The number of ketones is 1. The highest BCUT2D eigenvalue weighted by Crippen LogP contribution is 2.27. The van der Waals surface area contributed by atoms with E-state index in [-0.39, 0.29) is 23.9 Å². The Morgan fingerprint density at radius 3 is 2.83 bits per heavy atom. The van der Waals surface area contributed by atoms with Crippen LogP contribution in [0, 0.1) is 5.92 Å². The maximum absolute atomic E-state index is 11.9. The van der Waals surface area contributed by atoms with Gasteiger partial charge in [-0.25, -0.2) is 4.79 Å². The average Bonchev–Trinajstić information content (AvgIpc) is 2.27. The van der Waals surface area contributed by atoms with E-state index in [9.17, 15) is 9.59 Å². The summed E-state index contributed by atoms with van der Waals surface area (Å²) in [6, 6.07) is 0. The molecular formula is C13H21NO4. The number of carbonyl (C=O) groups is 2. The summed E-state index contributed by atoms with van der Waals surface area (Å²) in [6.07, 6.45) is 0.836. The van der Waals surface area contributed by atoms with Gasteiger partial charge in [0, 0.05) is 19.5 Å². The fourth-order valence-electron chi connectivity index (χ4n) is 2.43. The molecule has 1 amide bonds. The van der Waals surface area contributed by atoms with Gasteiger partial charge < -0.3 is 14.4 Å². The van der Waals surface area contributed by atoms with Crippen molar-refractivity contribution in [3.8, 4) is 0 Å². The number of nitrogens with zero attached hydrogens (tertiary/aromatic N) is 1. The zero-order valence-corrected chi connectivity index (χ0v) is 11.3. The van der Waals surface area contributed by atoms with Crippen LogP contribution in [-0.4, -0.2) is 48.2 Å². The molecule has 0 aromatic heterocycles. The Bertz CT molecular complexity index is 347. The van der Waals surface area contributed by atoms with Gasteiger partial charge in [-0.2, -0.15) is 0 Å². The maximum Gasteiger partial charge on any atom is 0.410 e. The van der Waals surface area contributed by atoms with Gasteiger partial charge in [0.25, 0.3) is 0 Å². The van der Waals surface area contributed by atoms with Crippen molar-refractivity contribution in [3.05, 3.63) is 0 Å². The summed E-state index contributed by atoms with van der Waals surface area (Å²) in [4.78, 5) is 25.4. The molecule has 0 aliphatic carbocycles. The predicted molar refractivity (Wildman–Crippen MR) is 65.3 cm³/mol. The first-order chi connectivity index (χ1) is 8.37. The molecule has 2 rings (SSSR count). The minimum absolute atomic E-state index is 0.00932. The lowest BCUT2D eigenvalue weighted by atomic mass is 9.87. The zero-order valence-electron chi connectivity index (χ0n) is 11.3. The summed E-state index contributed by atoms with van der Waals surface area (Å²) in [5.41, 5.74) is -0.499. The van der Waals surface area contributed by atoms with Crippen molar-refractivity contribution in [1.29, 1.82) is 0 Å². The highest BCUT2D eigenvalue weighted by Gasteiger charge is 2.39. The number of ether oxygens (including phenoxy) is 2. The fourth-order valence-corrected chi connectivity index (χ4v) is 2.43. The van der Waals surface area contributed by atoms with Crippen LogP contribution in [0.4, 0.5) is 4.79 Å². The standard InChI is InChI=1S/C13H21NO4/c1-13(2,3)18-12(16)14-6-4-11-9(8-14)10(15)5-7-17-11/h9,11H,4-8H2,1-3H3/t9-,11+/m0/s1. The Balaban J connectivity index is 1.96. The second kappa shape index (κ2) is 4.88. The molecule has 2 saturated heterocycles. The van der Waals surface area contributed by atoms with E-state index in [2.05, 4.69) is 0 Å². The molecule has 2 heterocycles. The van der Waals surface area contributed by atoms with Crippen LogP contribution in [0.1, 0.15) is 33.6 Å². The second-order valence-electron chi connectivity index (χ2n) is 5.95. The number of amides is 1. The van der Waals surface area contributed by atoms with Crippen LogP contribution in [0.25, 0.3) is 0 Å². The fraction of sp³-hybridized carbons (Fsp3) is 0.846. The quantitative estimate of drug-likeness (QED) is 0.659. The molecule has 0 aromatic carbocycles. The van der Waals surface area contributed by atoms with Crippen LogP contribution in [-0.2, 0) is 14.3 Å². The summed E-state index contributed by atoms with van der Waals surface area (Å²) < 4.78 is 10.9. The minimum atomic E-state index is -0.499. The van der Waals surface area contributed by atoms with Gasteiger partial charge in [0.2, 0.25) is 0 Å². The summed E-state index contributed by atoms with van der Waals surface area (Å²) in [6.45, 7) is 7.07. The van der Waals surface area contributed by atoms with Crippen molar-refractivity contribution in [3.63, 3.8) is 0 Å². The molecular weight excluding hydrogens is 234 g/mol. The van der Waals surface area contributed by atoms with Crippen molar-refractivity contribution < 1.29 is 19.1 Å². The SMILES string of the molecule is CC(C)(C)OC(=O)N1CC[C@H]2OCCC(=O)[C@@H]2C1. The molecule has 0 aromatic rings. The summed E-state index contributed by atoms with van der Waals surface area (Å²) in [5, 5.41) is 0. The van der Waals surface area contributed by atoms with Crippen LogP contribution in [0.3, 0.4) is 0 Å². The number of Topliss-reactive ketones (excluding diaryl/α,β-unsaturated/α-hetero) is 1. The molecule has 2 atom stereocenters. The van der Waals surface area contributed by atoms with E-state index in [1.165, 1.54) is 0 Å². The second-order valence-corrected chi connectivity index (χ2v) is 5.95. The van der Waals surface area contributed by atoms with Gasteiger partial charge in [-0.1, -0.05) is 0 Å². The van der Waals surface area contributed by atoms with Crippen LogP contribution in [0.15, 0.2) is 0 Å². The average molecular weight is 255 g/mol. The topological polar surface area (TPSA) is 55.8 Å². The van der Waals surface area contributed by atoms with Crippen LogP contribution < -0.4 is 0 Å². The summed E-state index contributed by atoms with van der Waals surface area (Å²) in [5.74, 6) is 0.0412. The van der Waals surface area contributed by atoms with Gasteiger partial charge in [0.05, 0.1) is 18.6 Å². The number of rotatable bonds is 0. The van der Waals surface area contributed by atoms with Crippen molar-refractivity contribution >= 4 is 11.9 Å². The number of hydrogen-bond acceptors (Lipinski definition) is 4. The summed E-state index contributed by atoms with van der Waals surface area (Å²) >= 11 is 0. The van der Waals surface area contributed by atoms with Gasteiger partial charge in [0.15, 0.2) is 0 Å². The van der Waals surface area contributed by atoms with Crippen LogP contribution >= 0.6 is 0 Å². The smallest absolute Gasteiger partial charge is 0.410 e. The van der Waals surface area contributed by atoms with E-state index in [0.29, 0.717) is 26.1 Å². The molecule has 5 heteroatoms. The largest absolute Gasteiger partial charge is 0.444 e. The lowest BCUT2D eigenvalue weighted by molar-refractivity contribution is -0.142. The van der Waals surface area contributed by atoms with Gasteiger partial charge in [-0.05, 0) is 27.2 Å². The van der Waals surface area contributed by atoms with Crippen molar-refractivity contribution in [2.75, 3.05) is 19.7 Å². The van der Waals surface area contributed by atoms with E-state index >= 15 is 0 Å². The predicted octanol–water partition coefficient (Wildman–Crippen LogP) is 1.60. The number of piperidine rings is 1. The summed E-state index contributed by atoms with van der Waals surface area (Å²) in [7, 11) is 0. The van der Waals surface area contributed by atoms with Crippen molar-refractivity contribution in [1.82, 2.24) is 4.90 Å². The first-order valence-electron chi connectivity index (χ1n) is 6.49. The molecule has 2 aliphatic rings. The third-order valence-corrected chi connectivity index (χ3v) is 3.30. The van der Waals surface area contributed by atoms with E-state index in [1.54, 1.807) is 4.90 Å². The minimum Gasteiger partial charge on any atom is -0.444 e. The maximum atomic E-state index is 11.9. The number of carbonyl (C=O) groups excluding carboxylic acids is 2. The molecule has 0 N–H and O–H groups in total. The molecule has 102 valence electrons. The van der Waals surface area contributed by atoms with Gasteiger partial charge in [-0.15, -0.1) is 0 Å². The Morgan fingerprint density at radius 1 is 1.44 bits per heavy atom. The Kier molecular flexibility index (Phi) is 3.61. The number of likely N-dealkylation sites (tertiary alicyclic amines) is 1. The normalized spacial score (nSPS) is 28.8. The lowest BCUT2D eigenvalue weighted by Crippen LogP contribution is -2.52. The first kappa shape index (κ1) is 13.3. The highest BCUT2D eigenvalue weighted by atomic mass is 16.6. The molecule has 0 radical (unpaired) electrons. The van der Waals surface area contributed by atoms with Crippen molar-refractivity contribution in [2.45, 2.75) is 45.3 Å². The van der Waals surface area contributed by atoms with E-state index in [4.69, 9.17) is 9.47 Å². The molecule has 0 saturated carbocycles. The molecule has 0 unspecified atom stereocenters. The van der Waals surface area contributed by atoms with Crippen molar-refractivity contribution in [2.24, 2.45) is 5.92 Å². The van der Waals surface area contributed by atoms with E-state index in [1.807, 2.05) is 20.8 Å². The molecule has 0 spiro atoms. The van der Waals surface area contributed by atoms with E-state index < -0.39 is 5.60 Å². The first-order valence-corrected chi connectivity index (χ1v) is 6.49. The molecule has 2 aliphatic heterocycles. The molecule has 0 bridgehead atoms.